The summed E-state index contributed by atoms with van der Waals surface area (Å²) < 4.78 is 5.20. The van der Waals surface area contributed by atoms with E-state index in [-0.39, 0.29) is 0 Å². The minimum Gasteiger partial charge on any atom is -0.384 e. The average Bonchev–Trinajstić information content (AvgIpc) is 2.39. The van der Waals surface area contributed by atoms with Crippen LogP contribution in [0.5, 0.6) is 0 Å². The Labute approximate surface area is 117 Å². The molecule has 19 heavy (non-hydrogen) atoms. The maximum atomic E-state index is 6.34. The summed E-state index contributed by atoms with van der Waals surface area (Å²) in [6.07, 6.45) is 6.02. The number of benzene rings is 1. The zero-order chi connectivity index (χ0) is 13.7. The third kappa shape index (κ3) is 4.05. The number of rotatable bonds is 6. The predicted molar refractivity (Wildman–Crippen MR) is 80.4 cm³/mol. The Bertz CT molecular complexity index is 391. The summed E-state index contributed by atoms with van der Waals surface area (Å²) in [6, 6.07) is 9.18. The highest BCUT2D eigenvalue weighted by Gasteiger charge is 2.22. The molecule has 0 bridgehead atoms. The van der Waals surface area contributed by atoms with Gasteiger partial charge in [0.1, 0.15) is 0 Å². The Balaban J connectivity index is 1.93. The summed E-state index contributed by atoms with van der Waals surface area (Å²) in [5.41, 5.74) is 9.42. The second kappa shape index (κ2) is 7.06. The van der Waals surface area contributed by atoms with Crippen LogP contribution in [0.3, 0.4) is 0 Å². The van der Waals surface area contributed by atoms with Crippen molar-refractivity contribution in [1.29, 1.82) is 0 Å². The van der Waals surface area contributed by atoms with E-state index in [1.807, 2.05) is 0 Å². The Morgan fingerprint density at radius 3 is 2.95 bits per heavy atom. The van der Waals surface area contributed by atoms with Gasteiger partial charge in [0.25, 0.3) is 0 Å². The fourth-order valence-corrected chi connectivity index (χ4v) is 3.43. The molecular weight excluding hydrogens is 234 g/mol. The van der Waals surface area contributed by atoms with Crippen LogP contribution in [-0.2, 0) is 11.2 Å². The number of fused-ring (bicyclic) bond motifs is 1. The third-order valence-corrected chi connectivity index (χ3v) is 4.24. The molecule has 0 saturated carbocycles. The topological polar surface area (TPSA) is 35.2 Å². The smallest absolute Gasteiger partial charge is 0.0488 e. The minimum atomic E-state index is 0.293. The SMILES string of the molecule is COCC(C)CC(N)CC1CCCc2ccccc21. The highest BCUT2D eigenvalue weighted by atomic mass is 16.5. The Hall–Kier alpha value is -0.860. The number of hydrogen-bond acceptors (Lipinski definition) is 2. The summed E-state index contributed by atoms with van der Waals surface area (Å²) in [6.45, 7) is 3.03. The minimum absolute atomic E-state index is 0.293. The molecule has 0 heterocycles. The van der Waals surface area contributed by atoms with Crippen LogP contribution in [-0.4, -0.2) is 19.8 Å². The van der Waals surface area contributed by atoms with Crippen molar-refractivity contribution >= 4 is 0 Å². The van der Waals surface area contributed by atoms with E-state index in [0.717, 1.165) is 19.4 Å². The van der Waals surface area contributed by atoms with E-state index in [9.17, 15) is 0 Å². The molecule has 0 aromatic heterocycles. The molecule has 2 nitrogen and oxygen atoms in total. The van der Waals surface area contributed by atoms with Gasteiger partial charge in [-0.25, -0.2) is 0 Å². The van der Waals surface area contributed by atoms with Gasteiger partial charge in [0.05, 0.1) is 0 Å². The standard InChI is InChI=1S/C17H27NO/c1-13(12-19-2)10-16(18)11-15-8-5-7-14-6-3-4-9-17(14)15/h3-4,6,9,13,15-16H,5,7-8,10-12,18H2,1-2H3. The maximum absolute atomic E-state index is 6.34. The summed E-state index contributed by atoms with van der Waals surface area (Å²) in [5.74, 6) is 1.22. The first-order valence-corrected chi connectivity index (χ1v) is 7.53. The van der Waals surface area contributed by atoms with Gasteiger partial charge in [-0.05, 0) is 55.1 Å². The van der Waals surface area contributed by atoms with Gasteiger partial charge in [0.2, 0.25) is 0 Å². The third-order valence-electron chi connectivity index (χ3n) is 4.24. The highest BCUT2D eigenvalue weighted by Crippen LogP contribution is 2.35. The molecule has 2 heteroatoms. The molecule has 0 fully saturated rings. The van der Waals surface area contributed by atoms with Crippen LogP contribution in [0.1, 0.15) is 49.7 Å². The van der Waals surface area contributed by atoms with E-state index in [1.54, 1.807) is 12.7 Å². The van der Waals surface area contributed by atoms with Crippen LogP contribution < -0.4 is 5.73 Å². The molecule has 0 saturated heterocycles. The van der Waals surface area contributed by atoms with Crippen molar-refractivity contribution in [3.05, 3.63) is 35.4 Å². The molecular formula is C17H27NO. The van der Waals surface area contributed by atoms with Crippen LogP contribution in [0.2, 0.25) is 0 Å². The average molecular weight is 261 g/mol. The van der Waals surface area contributed by atoms with Gasteiger partial charge in [-0.1, -0.05) is 31.2 Å². The van der Waals surface area contributed by atoms with Gasteiger partial charge in [-0.2, -0.15) is 0 Å². The fraction of sp³-hybridized carbons (Fsp3) is 0.647. The summed E-state index contributed by atoms with van der Waals surface area (Å²) in [7, 11) is 1.76. The predicted octanol–water partition coefficient (Wildman–Crippen LogP) is 3.50. The molecule has 2 N–H and O–H groups in total. The fourth-order valence-electron chi connectivity index (χ4n) is 3.43. The summed E-state index contributed by atoms with van der Waals surface area (Å²) in [4.78, 5) is 0. The van der Waals surface area contributed by atoms with E-state index in [0.29, 0.717) is 17.9 Å². The molecule has 0 spiro atoms. The quantitative estimate of drug-likeness (QED) is 0.850. The van der Waals surface area contributed by atoms with Crippen LogP contribution >= 0.6 is 0 Å². The van der Waals surface area contributed by atoms with Crippen LogP contribution in [0.25, 0.3) is 0 Å². The number of hydrogen-bond donors (Lipinski definition) is 1. The van der Waals surface area contributed by atoms with Crippen LogP contribution in [0.4, 0.5) is 0 Å². The monoisotopic (exact) mass is 261 g/mol. The maximum Gasteiger partial charge on any atom is 0.0488 e. The second-order valence-electron chi connectivity index (χ2n) is 6.08. The van der Waals surface area contributed by atoms with Crippen molar-refractivity contribution in [2.75, 3.05) is 13.7 Å². The Morgan fingerprint density at radius 1 is 1.37 bits per heavy atom. The zero-order valence-corrected chi connectivity index (χ0v) is 12.3. The van der Waals surface area contributed by atoms with Gasteiger partial charge >= 0.3 is 0 Å². The molecule has 0 radical (unpaired) electrons. The first-order valence-electron chi connectivity index (χ1n) is 7.53. The number of aryl methyl sites for hydroxylation is 1. The number of nitrogens with two attached hydrogens (primary N) is 1. The zero-order valence-electron chi connectivity index (χ0n) is 12.3. The lowest BCUT2D eigenvalue weighted by molar-refractivity contribution is 0.150. The second-order valence-corrected chi connectivity index (χ2v) is 6.08. The molecule has 1 aromatic rings. The molecule has 106 valence electrons. The van der Waals surface area contributed by atoms with Crippen molar-refractivity contribution in [3.63, 3.8) is 0 Å². The van der Waals surface area contributed by atoms with E-state index in [4.69, 9.17) is 10.5 Å². The van der Waals surface area contributed by atoms with Gasteiger partial charge in [0.15, 0.2) is 0 Å². The first-order chi connectivity index (χ1) is 9.20. The van der Waals surface area contributed by atoms with Crippen molar-refractivity contribution in [2.24, 2.45) is 11.7 Å². The molecule has 2 rings (SSSR count). The van der Waals surface area contributed by atoms with Crippen molar-refractivity contribution in [1.82, 2.24) is 0 Å². The Morgan fingerprint density at radius 2 is 2.16 bits per heavy atom. The summed E-state index contributed by atoms with van der Waals surface area (Å²) >= 11 is 0. The molecule has 1 aromatic carbocycles. The van der Waals surface area contributed by atoms with E-state index in [1.165, 1.54) is 24.8 Å². The largest absolute Gasteiger partial charge is 0.384 e. The summed E-state index contributed by atoms with van der Waals surface area (Å²) in [5, 5.41) is 0. The number of methoxy groups -OCH3 is 1. The van der Waals surface area contributed by atoms with Gasteiger partial charge in [0, 0.05) is 19.8 Å². The van der Waals surface area contributed by atoms with Gasteiger partial charge in [-0.3, -0.25) is 0 Å². The van der Waals surface area contributed by atoms with Gasteiger partial charge < -0.3 is 10.5 Å². The van der Waals surface area contributed by atoms with E-state index < -0.39 is 0 Å². The van der Waals surface area contributed by atoms with Crippen molar-refractivity contribution in [2.45, 2.75) is 51.0 Å². The normalized spacial score (nSPS) is 21.7. The van der Waals surface area contributed by atoms with Crippen molar-refractivity contribution in [3.8, 4) is 0 Å². The van der Waals surface area contributed by atoms with E-state index in [2.05, 4.69) is 31.2 Å². The highest BCUT2D eigenvalue weighted by molar-refractivity contribution is 5.32. The molecule has 3 atom stereocenters. The van der Waals surface area contributed by atoms with Crippen molar-refractivity contribution < 1.29 is 4.74 Å². The molecule has 0 amide bonds. The molecule has 1 aliphatic carbocycles. The van der Waals surface area contributed by atoms with Gasteiger partial charge in [-0.15, -0.1) is 0 Å². The lowest BCUT2D eigenvalue weighted by atomic mass is 9.79. The lowest BCUT2D eigenvalue weighted by Gasteiger charge is -2.28. The van der Waals surface area contributed by atoms with E-state index >= 15 is 0 Å². The first kappa shape index (κ1) is 14.5. The molecule has 0 aliphatic heterocycles. The number of ether oxygens (including phenoxy) is 1. The molecule has 1 aliphatic rings. The van der Waals surface area contributed by atoms with Crippen LogP contribution in [0, 0.1) is 5.92 Å². The lowest BCUT2D eigenvalue weighted by Crippen LogP contribution is -2.27. The Kier molecular flexibility index (Phi) is 5.41. The van der Waals surface area contributed by atoms with Crippen LogP contribution in [0.15, 0.2) is 24.3 Å². The molecule has 3 unspecified atom stereocenters.